The van der Waals surface area contributed by atoms with Gasteiger partial charge >= 0.3 is 0 Å². The summed E-state index contributed by atoms with van der Waals surface area (Å²) in [5.41, 5.74) is 0.836. The summed E-state index contributed by atoms with van der Waals surface area (Å²) in [6.45, 7) is 5.02. The van der Waals surface area contributed by atoms with Gasteiger partial charge < -0.3 is 15.1 Å². The molecule has 1 aliphatic rings. The fourth-order valence-corrected chi connectivity index (χ4v) is 2.93. The molecule has 0 spiro atoms. The zero-order chi connectivity index (χ0) is 14.8. The third kappa shape index (κ3) is 3.62. The monoisotopic (exact) mass is 322 g/mol. The number of carbonyl (C=O) groups excluding carboxylic acids is 1. The SMILES string of the molecule is CC1CC(NC(=O)C(C)c2cc3ccccc3o2)CCN1.Cl. The third-order valence-corrected chi connectivity index (χ3v) is 4.23. The van der Waals surface area contributed by atoms with Crippen LogP contribution in [-0.4, -0.2) is 24.5 Å². The molecule has 2 heterocycles. The van der Waals surface area contributed by atoms with Gasteiger partial charge in [-0.1, -0.05) is 18.2 Å². The second kappa shape index (κ2) is 7.16. The van der Waals surface area contributed by atoms with Gasteiger partial charge in [0.2, 0.25) is 5.91 Å². The van der Waals surface area contributed by atoms with Crippen molar-refractivity contribution in [2.75, 3.05) is 6.54 Å². The van der Waals surface area contributed by atoms with Gasteiger partial charge in [0, 0.05) is 17.5 Å². The summed E-state index contributed by atoms with van der Waals surface area (Å²) in [6.07, 6.45) is 1.97. The Hall–Kier alpha value is -1.52. The van der Waals surface area contributed by atoms with Crippen LogP contribution in [0.2, 0.25) is 0 Å². The second-order valence-electron chi connectivity index (χ2n) is 5.99. The smallest absolute Gasteiger partial charge is 0.230 e. The zero-order valence-electron chi connectivity index (χ0n) is 13.0. The Labute approximate surface area is 137 Å². The van der Waals surface area contributed by atoms with Gasteiger partial charge in [0.05, 0.1) is 5.92 Å². The van der Waals surface area contributed by atoms with Crippen molar-refractivity contribution in [3.05, 3.63) is 36.1 Å². The fourth-order valence-electron chi connectivity index (χ4n) is 2.93. The Morgan fingerprint density at radius 3 is 2.91 bits per heavy atom. The van der Waals surface area contributed by atoms with Crippen LogP contribution in [0.1, 0.15) is 38.4 Å². The number of fused-ring (bicyclic) bond motifs is 1. The van der Waals surface area contributed by atoms with E-state index in [0.29, 0.717) is 6.04 Å². The van der Waals surface area contributed by atoms with Gasteiger partial charge in [0.15, 0.2) is 0 Å². The number of halogens is 1. The molecule has 1 amide bonds. The number of benzene rings is 1. The minimum absolute atomic E-state index is 0. The Balaban J connectivity index is 0.00000176. The normalized spacial score (nSPS) is 22.8. The van der Waals surface area contributed by atoms with Crippen LogP contribution in [0.25, 0.3) is 11.0 Å². The Morgan fingerprint density at radius 1 is 1.41 bits per heavy atom. The molecule has 0 saturated carbocycles. The van der Waals surface area contributed by atoms with E-state index in [9.17, 15) is 4.79 Å². The van der Waals surface area contributed by atoms with Crippen molar-refractivity contribution >= 4 is 29.3 Å². The standard InChI is InChI=1S/C17H22N2O2.ClH/c1-11-9-14(7-8-18-11)19-17(20)12(2)16-10-13-5-3-4-6-15(13)21-16;/h3-6,10-12,14,18H,7-9H2,1-2H3,(H,19,20);1H. The molecule has 3 atom stereocenters. The fraction of sp³-hybridized carbons (Fsp3) is 0.471. The minimum atomic E-state index is -0.261. The first-order valence-electron chi connectivity index (χ1n) is 7.65. The number of rotatable bonds is 3. The molecule has 1 aromatic carbocycles. The summed E-state index contributed by atoms with van der Waals surface area (Å²) in [4.78, 5) is 12.4. The molecule has 3 rings (SSSR count). The number of hydrogen-bond donors (Lipinski definition) is 2. The average molecular weight is 323 g/mol. The molecule has 0 bridgehead atoms. The van der Waals surface area contributed by atoms with Crippen LogP contribution >= 0.6 is 12.4 Å². The Kier molecular flexibility index (Phi) is 5.48. The lowest BCUT2D eigenvalue weighted by Crippen LogP contribution is -2.47. The summed E-state index contributed by atoms with van der Waals surface area (Å²) in [5, 5.41) is 7.59. The highest BCUT2D eigenvalue weighted by Crippen LogP contribution is 2.25. The lowest BCUT2D eigenvalue weighted by molar-refractivity contribution is -0.123. The molecule has 3 unspecified atom stereocenters. The summed E-state index contributed by atoms with van der Waals surface area (Å²) in [6, 6.07) is 10.5. The van der Waals surface area contributed by atoms with Crippen LogP contribution < -0.4 is 10.6 Å². The molecule has 1 saturated heterocycles. The molecular weight excluding hydrogens is 300 g/mol. The van der Waals surface area contributed by atoms with Gasteiger partial charge in [-0.2, -0.15) is 0 Å². The third-order valence-electron chi connectivity index (χ3n) is 4.23. The van der Waals surface area contributed by atoms with E-state index in [1.54, 1.807) is 0 Å². The number of piperidine rings is 1. The van der Waals surface area contributed by atoms with E-state index >= 15 is 0 Å². The Morgan fingerprint density at radius 2 is 2.18 bits per heavy atom. The van der Waals surface area contributed by atoms with Crippen LogP contribution in [0.15, 0.2) is 34.7 Å². The van der Waals surface area contributed by atoms with E-state index in [1.165, 1.54) is 0 Å². The van der Waals surface area contributed by atoms with Crippen LogP contribution in [0.4, 0.5) is 0 Å². The summed E-state index contributed by atoms with van der Waals surface area (Å²) >= 11 is 0. The largest absolute Gasteiger partial charge is 0.460 e. The maximum Gasteiger partial charge on any atom is 0.230 e. The van der Waals surface area contributed by atoms with E-state index in [2.05, 4.69) is 17.6 Å². The van der Waals surface area contributed by atoms with Gasteiger partial charge in [-0.15, -0.1) is 12.4 Å². The average Bonchev–Trinajstić information content (AvgIpc) is 2.90. The molecule has 1 fully saturated rings. The van der Waals surface area contributed by atoms with Gasteiger partial charge in [0.1, 0.15) is 11.3 Å². The molecule has 0 radical (unpaired) electrons. The quantitative estimate of drug-likeness (QED) is 0.912. The van der Waals surface area contributed by atoms with Crippen molar-refractivity contribution in [1.29, 1.82) is 0 Å². The topological polar surface area (TPSA) is 54.3 Å². The van der Waals surface area contributed by atoms with Crippen molar-refractivity contribution in [2.24, 2.45) is 0 Å². The molecule has 1 aromatic heterocycles. The van der Waals surface area contributed by atoms with Gasteiger partial charge in [-0.25, -0.2) is 0 Å². The first-order chi connectivity index (χ1) is 10.1. The number of para-hydroxylation sites is 1. The second-order valence-corrected chi connectivity index (χ2v) is 5.99. The Bertz CT molecular complexity index is 607. The molecule has 2 aromatic rings. The maximum absolute atomic E-state index is 12.4. The van der Waals surface area contributed by atoms with E-state index in [0.717, 1.165) is 36.1 Å². The predicted molar refractivity (Wildman–Crippen MR) is 90.5 cm³/mol. The number of furan rings is 1. The van der Waals surface area contributed by atoms with Gasteiger partial charge in [-0.3, -0.25) is 4.79 Å². The van der Waals surface area contributed by atoms with Crippen molar-refractivity contribution in [1.82, 2.24) is 10.6 Å². The number of nitrogens with one attached hydrogen (secondary N) is 2. The molecule has 120 valence electrons. The first-order valence-corrected chi connectivity index (χ1v) is 7.65. The highest BCUT2D eigenvalue weighted by molar-refractivity contribution is 5.86. The van der Waals surface area contributed by atoms with Crippen LogP contribution in [0, 0.1) is 0 Å². The van der Waals surface area contributed by atoms with Crippen LogP contribution in [-0.2, 0) is 4.79 Å². The number of hydrogen-bond acceptors (Lipinski definition) is 3. The van der Waals surface area contributed by atoms with Crippen LogP contribution in [0.5, 0.6) is 0 Å². The molecule has 22 heavy (non-hydrogen) atoms. The van der Waals surface area contributed by atoms with E-state index in [-0.39, 0.29) is 30.3 Å². The predicted octanol–water partition coefficient (Wildman–Crippen LogP) is 3.21. The molecule has 5 heteroatoms. The van der Waals surface area contributed by atoms with Gasteiger partial charge in [-0.05, 0) is 45.4 Å². The van der Waals surface area contributed by atoms with Gasteiger partial charge in [0.25, 0.3) is 0 Å². The lowest BCUT2D eigenvalue weighted by atomic mass is 9.99. The summed E-state index contributed by atoms with van der Waals surface area (Å²) < 4.78 is 5.79. The van der Waals surface area contributed by atoms with Crippen molar-refractivity contribution in [3.8, 4) is 0 Å². The molecule has 1 aliphatic heterocycles. The summed E-state index contributed by atoms with van der Waals surface area (Å²) in [5.74, 6) is 0.520. The lowest BCUT2D eigenvalue weighted by Gasteiger charge is -2.29. The molecule has 4 nitrogen and oxygen atoms in total. The van der Waals surface area contributed by atoms with Crippen molar-refractivity contribution in [2.45, 2.75) is 44.7 Å². The molecular formula is C17H23ClN2O2. The van der Waals surface area contributed by atoms with E-state index in [4.69, 9.17) is 4.42 Å². The van der Waals surface area contributed by atoms with E-state index < -0.39 is 0 Å². The van der Waals surface area contributed by atoms with Crippen molar-refractivity contribution in [3.63, 3.8) is 0 Å². The van der Waals surface area contributed by atoms with Crippen LogP contribution in [0.3, 0.4) is 0 Å². The maximum atomic E-state index is 12.4. The number of carbonyl (C=O) groups is 1. The minimum Gasteiger partial charge on any atom is -0.460 e. The van der Waals surface area contributed by atoms with Crippen molar-refractivity contribution < 1.29 is 9.21 Å². The molecule has 0 aliphatic carbocycles. The summed E-state index contributed by atoms with van der Waals surface area (Å²) in [7, 11) is 0. The highest BCUT2D eigenvalue weighted by atomic mass is 35.5. The zero-order valence-corrected chi connectivity index (χ0v) is 13.8. The molecule has 2 N–H and O–H groups in total. The highest BCUT2D eigenvalue weighted by Gasteiger charge is 2.24. The first kappa shape index (κ1) is 16.8. The number of amides is 1. The van der Waals surface area contributed by atoms with E-state index in [1.807, 2.05) is 37.3 Å².